The van der Waals surface area contributed by atoms with Crippen molar-refractivity contribution >= 4 is 19.8 Å². The summed E-state index contributed by atoms with van der Waals surface area (Å²) in [6.45, 7) is 4.04. The molecule has 0 saturated heterocycles. The minimum atomic E-state index is -4.65. The van der Waals surface area contributed by atoms with Gasteiger partial charge in [-0.1, -0.05) is 371 Å². The molecule has 2 unspecified atom stereocenters. The Kier molecular flexibility index (Phi) is 75.3. The highest BCUT2D eigenvalue weighted by Crippen LogP contribution is 2.38. The molecule has 0 rings (SSSR count). The molecule has 0 aromatic rings. The molecule has 0 amide bonds. The van der Waals surface area contributed by atoms with Gasteiger partial charge in [-0.15, -0.1) is 0 Å². The largest absolute Gasteiger partial charge is 0.756 e. The summed E-state index contributed by atoms with van der Waals surface area (Å²) >= 11 is 0. The summed E-state index contributed by atoms with van der Waals surface area (Å²) in [5.41, 5.74) is 0. The van der Waals surface area contributed by atoms with Gasteiger partial charge in [-0.2, -0.15) is 0 Å². The van der Waals surface area contributed by atoms with Gasteiger partial charge in [0.1, 0.15) is 19.8 Å². The number of carbonyl (C=O) groups is 2. The van der Waals surface area contributed by atoms with Crippen molar-refractivity contribution in [2.75, 3.05) is 47.5 Å². The maximum atomic E-state index is 12.9. The number of allylic oxidation sites excluding steroid dienone is 26. The topological polar surface area (TPSA) is 111 Å². The van der Waals surface area contributed by atoms with Crippen LogP contribution in [-0.4, -0.2) is 70.0 Å². The van der Waals surface area contributed by atoms with E-state index < -0.39 is 26.5 Å². The second-order valence-corrected chi connectivity index (χ2v) is 29.8. The first-order valence-corrected chi connectivity index (χ1v) is 42.7. The molecule has 10 heteroatoms. The number of hydrogen-bond acceptors (Lipinski definition) is 8. The highest BCUT2D eigenvalue weighted by molar-refractivity contribution is 7.45. The highest BCUT2D eigenvalue weighted by atomic mass is 31.2. The maximum Gasteiger partial charge on any atom is 0.306 e. The van der Waals surface area contributed by atoms with Gasteiger partial charge in [0.25, 0.3) is 7.82 Å². The van der Waals surface area contributed by atoms with Crippen LogP contribution in [0.1, 0.15) is 348 Å². The second kappa shape index (κ2) is 78.8. The van der Waals surface area contributed by atoms with Gasteiger partial charge >= 0.3 is 11.9 Å². The smallest absolute Gasteiger partial charge is 0.306 e. The fourth-order valence-corrected chi connectivity index (χ4v) is 12.1. The van der Waals surface area contributed by atoms with Crippen LogP contribution in [0.4, 0.5) is 0 Å². The average molecular weight is 1410 g/mol. The van der Waals surface area contributed by atoms with Crippen LogP contribution in [-0.2, 0) is 32.7 Å². The molecule has 0 aliphatic heterocycles. The third kappa shape index (κ3) is 82.6. The average Bonchev–Trinajstić information content (AvgIpc) is 1.30. The van der Waals surface area contributed by atoms with E-state index >= 15 is 0 Å². The van der Waals surface area contributed by atoms with E-state index in [-0.39, 0.29) is 32.0 Å². The van der Waals surface area contributed by atoms with E-state index in [9.17, 15) is 19.0 Å². The Morgan fingerprint density at radius 3 is 0.800 bits per heavy atom. The third-order valence-corrected chi connectivity index (χ3v) is 18.5. The lowest BCUT2D eigenvalue weighted by Crippen LogP contribution is -2.37. The molecule has 0 aliphatic rings. The van der Waals surface area contributed by atoms with E-state index in [0.717, 1.165) is 122 Å². The summed E-state index contributed by atoms with van der Waals surface area (Å²) in [6, 6.07) is 0. The summed E-state index contributed by atoms with van der Waals surface area (Å²) < 4.78 is 34.4. The number of nitrogens with zero attached hydrogens (tertiary/aromatic N) is 1. The molecule has 0 radical (unpaired) electrons. The molecule has 0 spiro atoms. The first-order valence-electron chi connectivity index (χ1n) is 41.2. The Balaban J connectivity index is 3.96. The number of likely N-dealkylation sites (N-methyl/N-ethyl adjacent to an activating group) is 1. The summed E-state index contributed by atoms with van der Waals surface area (Å²) in [7, 11) is 1.17. The molecule has 572 valence electrons. The van der Waals surface area contributed by atoms with E-state index in [2.05, 4.69) is 172 Å². The number of esters is 2. The fourth-order valence-electron chi connectivity index (χ4n) is 11.4. The highest BCUT2D eigenvalue weighted by Gasteiger charge is 2.22. The lowest BCUT2D eigenvalue weighted by Gasteiger charge is -2.28. The van der Waals surface area contributed by atoms with Crippen molar-refractivity contribution in [1.82, 2.24) is 0 Å². The second-order valence-electron chi connectivity index (χ2n) is 28.4. The predicted molar refractivity (Wildman–Crippen MR) is 434 cm³/mol. The minimum Gasteiger partial charge on any atom is -0.756 e. The van der Waals surface area contributed by atoms with E-state index in [1.54, 1.807) is 0 Å². The van der Waals surface area contributed by atoms with Crippen molar-refractivity contribution in [2.24, 2.45) is 0 Å². The fraction of sp³-hybridized carbons (Fsp3) is 0.689. The first kappa shape index (κ1) is 95.6. The van der Waals surface area contributed by atoms with E-state index in [4.69, 9.17) is 18.5 Å². The Morgan fingerprint density at radius 2 is 0.540 bits per heavy atom. The van der Waals surface area contributed by atoms with E-state index in [0.29, 0.717) is 17.4 Å². The molecule has 2 atom stereocenters. The molecule has 0 bridgehead atoms. The molecule has 0 aromatic heterocycles. The summed E-state index contributed by atoms with van der Waals surface area (Å²) in [5, 5.41) is 0. The van der Waals surface area contributed by atoms with Gasteiger partial charge in [0.15, 0.2) is 6.10 Å². The van der Waals surface area contributed by atoms with E-state index in [1.165, 1.54) is 193 Å². The summed E-state index contributed by atoms with van der Waals surface area (Å²) in [5.74, 6) is -0.825. The van der Waals surface area contributed by atoms with Gasteiger partial charge in [0.05, 0.1) is 27.7 Å². The molecule has 0 fully saturated rings. The van der Waals surface area contributed by atoms with Crippen LogP contribution in [0.25, 0.3) is 0 Å². The standard InChI is InChI=1S/C90H154NO8P/c1-6-8-10-12-14-16-18-20-22-24-26-28-30-32-34-36-38-40-42-43-44-45-46-47-49-51-53-55-57-59-61-63-65-67-69-71-73-75-77-79-81-83-90(93)99-88(87-98-100(94,95)97-85-84-91(3,4)5)86-96-89(92)82-80-78-76-74-72-70-68-66-64-62-60-58-56-54-52-50-48-41-39-37-35-33-31-29-27-25-23-21-19-17-15-13-11-9-7-2/h8-11,14-17,20-23,26-29,32-35,38-41,43-44,88H,6-7,12-13,18-19,24-25,30-31,36-37,42,45-87H2,1-5H3/b10-8-,11-9-,16-14-,17-15-,22-20-,23-21-,28-26-,29-27-,34-32-,35-33-,40-38-,41-39-,44-43-. The minimum absolute atomic E-state index is 0.0343. The zero-order chi connectivity index (χ0) is 72.5. The SMILES string of the molecule is CC/C=C\C/C=C\C/C=C\C/C=C\C/C=C\C/C=C\C/C=C\CCCCCCCCCCCCCCCCCCCCCC(=O)OC(COC(=O)CCCCCCCCCCCCCCCCCC/C=C\C/C=C\C/C=C\C/C=C\C/C=C\C/C=C\CC)COP(=O)([O-])OCC[N+](C)(C)C. The number of quaternary nitrogens is 1. The van der Waals surface area contributed by atoms with Crippen LogP contribution in [0.15, 0.2) is 158 Å². The van der Waals surface area contributed by atoms with Crippen LogP contribution < -0.4 is 4.89 Å². The number of carbonyl (C=O) groups excluding carboxylic acids is 2. The Hall–Kier alpha value is -4.37. The molecule has 0 aliphatic carbocycles. The van der Waals surface area contributed by atoms with Crippen LogP contribution in [0.5, 0.6) is 0 Å². The summed E-state index contributed by atoms with van der Waals surface area (Å²) in [4.78, 5) is 38.2. The Morgan fingerprint density at radius 1 is 0.310 bits per heavy atom. The van der Waals surface area contributed by atoms with Crippen molar-refractivity contribution in [3.8, 4) is 0 Å². The van der Waals surface area contributed by atoms with Crippen molar-refractivity contribution in [2.45, 2.75) is 354 Å². The molecule has 0 aromatic carbocycles. The molecule has 0 saturated carbocycles. The van der Waals surface area contributed by atoms with Gasteiger partial charge in [0.2, 0.25) is 0 Å². The number of hydrogen-bond donors (Lipinski definition) is 0. The number of phosphoric acid groups is 1. The lowest BCUT2D eigenvalue weighted by molar-refractivity contribution is -0.870. The summed E-state index contributed by atoms with van der Waals surface area (Å²) in [6.07, 6.45) is 118. The zero-order valence-electron chi connectivity index (χ0n) is 65.3. The first-order chi connectivity index (χ1) is 49.0. The quantitative estimate of drug-likeness (QED) is 0.0195. The van der Waals surface area contributed by atoms with Crippen molar-refractivity contribution in [3.63, 3.8) is 0 Å². The Bertz CT molecular complexity index is 2250. The predicted octanol–water partition coefficient (Wildman–Crippen LogP) is 27.2. The van der Waals surface area contributed by atoms with Gasteiger partial charge < -0.3 is 27.9 Å². The molecular weight excluding hydrogens is 1250 g/mol. The van der Waals surface area contributed by atoms with Gasteiger partial charge in [0, 0.05) is 12.8 Å². The number of phosphoric ester groups is 1. The van der Waals surface area contributed by atoms with Gasteiger partial charge in [-0.25, -0.2) is 0 Å². The van der Waals surface area contributed by atoms with Gasteiger partial charge in [-0.05, 0) is 122 Å². The maximum absolute atomic E-state index is 12.9. The van der Waals surface area contributed by atoms with Crippen LogP contribution in [0.2, 0.25) is 0 Å². The number of ether oxygens (including phenoxy) is 2. The van der Waals surface area contributed by atoms with E-state index in [1.807, 2.05) is 21.1 Å². The zero-order valence-corrected chi connectivity index (χ0v) is 66.2. The van der Waals surface area contributed by atoms with Crippen LogP contribution >= 0.6 is 7.82 Å². The van der Waals surface area contributed by atoms with Crippen molar-refractivity contribution in [1.29, 1.82) is 0 Å². The van der Waals surface area contributed by atoms with Crippen molar-refractivity contribution in [3.05, 3.63) is 158 Å². The monoisotopic (exact) mass is 1410 g/mol. The van der Waals surface area contributed by atoms with Gasteiger partial charge in [-0.3, -0.25) is 14.2 Å². The molecule has 0 N–H and O–H groups in total. The van der Waals surface area contributed by atoms with Crippen LogP contribution in [0.3, 0.4) is 0 Å². The molecule has 100 heavy (non-hydrogen) atoms. The number of unbranched alkanes of at least 4 members (excludes halogenated alkanes) is 35. The molecule has 0 heterocycles. The molecule has 9 nitrogen and oxygen atoms in total. The third-order valence-electron chi connectivity index (χ3n) is 17.5. The van der Waals surface area contributed by atoms with Crippen molar-refractivity contribution < 1.29 is 42.1 Å². The molecular formula is C90H154NO8P. The normalized spacial score (nSPS) is 13.9. The van der Waals surface area contributed by atoms with Crippen LogP contribution in [0, 0.1) is 0 Å². The number of rotatable bonds is 75. The Labute approximate surface area is 617 Å². The lowest BCUT2D eigenvalue weighted by atomic mass is 10.0.